The van der Waals surface area contributed by atoms with Crippen LogP contribution in [0, 0.1) is 0 Å². The molecule has 0 aliphatic heterocycles. The van der Waals surface area contributed by atoms with Crippen LogP contribution in [0.2, 0.25) is 0 Å². The van der Waals surface area contributed by atoms with E-state index in [1.54, 1.807) is 0 Å². The number of thiophene rings is 1. The van der Waals surface area contributed by atoms with E-state index in [0.717, 1.165) is 11.3 Å². The number of nitrogens with one attached hydrogen (secondary N) is 1. The first-order valence-corrected chi connectivity index (χ1v) is 5.98. The lowest BCUT2D eigenvalue weighted by Gasteiger charge is -2.07. The fourth-order valence-corrected chi connectivity index (χ4v) is 1.87. The maximum absolute atomic E-state index is 12.0. The summed E-state index contributed by atoms with van der Waals surface area (Å²) in [6.07, 6.45) is 0. The second-order valence-corrected chi connectivity index (χ2v) is 4.11. The summed E-state index contributed by atoms with van der Waals surface area (Å²) in [5.74, 6) is -1.88. The van der Waals surface area contributed by atoms with Crippen LogP contribution in [0.1, 0.15) is 9.67 Å². The highest BCUT2D eigenvalue weighted by molar-refractivity contribution is 7.12. The van der Waals surface area contributed by atoms with E-state index in [4.69, 9.17) is 9.84 Å². The minimum absolute atomic E-state index is 0.00839. The molecule has 1 amide bonds. The predicted octanol–water partition coefficient (Wildman–Crippen LogP) is 1.18. The van der Waals surface area contributed by atoms with Crippen molar-refractivity contribution in [1.82, 2.24) is 5.32 Å². The van der Waals surface area contributed by atoms with Crippen LogP contribution < -0.4 is 10.1 Å². The smallest absolute Gasteiger partial charge is 0.387 e. The zero-order valence-corrected chi connectivity index (χ0v) is 10.4. The molecule has 0 aliphatic carbocycles. The number of carboxylic acid groups (broad SMARTS) is 1. The molecule has 6 nitrogen and oxygen atoms in total. The van der Waals surface area contributed by atoms with Gasteiger partial charge in [-0.2, -0.15) is 8.78 Å². The quantitative estimate of drug-likeness (QED) is 0.703. The second kappa shape index (κ2) is 7.64. The molecular formula is C10H11F2NO5S. The molecule has 19 heavy (non-hydrogen) atoms. The highest BCUT2D eigenvalue weighted by Gasteiger charge is 2.16. The molecule has 1 rings (SSSR count). The molecule has 1 heterocycles. The molecule has 0 atom stereocenters. The Morgan fingerprint density at radius 2 is 2.21 bits per heavy atom. The number of carbonyl (C=O) groups is 2. The van der Waals surface area contributed by atoms with Gasteiger partial charge in [0.2, 0.25) is 0 Å². The Balaban J connectivity index is 2.37. The number of halogens is 2. The van der Waals surface area contributed by atoms with Gasteiger partial charge in [-0.1, -0.05) is 0 Å². The number of hydrogen-bond acceptors (Lipinski definition) is 5. The van der Waals surface area contributed by atoms with Gasteiger partial charge in [0.1, 0.15) is 17.2 Å². The molecule has 0 aliphatic rings. The summed E-state index contributed by atoms with van der Waals surface area (Å²) in [6, 6.07) is 1.27. The van der Waals surface area contributed by atoms with Gasteiger partial charge in [-0.25, -0.2) is 4.79 Å². The van der Waals surface area contributed by atoms with Crippen molar-refractivity contribution in [3.63, 3.8) is 0 Å². The molecule has 0 spiro atoms. The van der Waals surface area contributed by atoms with Gasteiger partial charge in [0.05, 0.1) is 6.61 Å². The van der Waals surface area contributed by atoms with Gasteiger partial charge in [0.15, 0.2) is 0 Å². The Kier molecular flexibility index (Phi) is 6.16. The summed E-state index contributed by atoms with van der Waals surface area (Å²) in [6.45, 7) is -3.39. The van der Waals surface area contributed by atoms with E-state index in [1.165, 1.54) is 11.4 Å². The number of alkyl halides is 2. The lowest BCUT2D eigenvalue weighted by Crippen LogP contribution is -2.27. The van der Waals surface area contributed by atoms with E-state index in [0.29, 0.717) is 0 Å². The van der Waals surface area contributed by atoms with E-state index >= 15 is 0 Å². The molecule has 0 fully saturated rings. The standard InChI is InChI=1S/C10H11F2NO5S/c11-10(12)18-6-1-4-19-8(6)9(16)13-2-3-17-5-7(14)15/h1,4,10H,2-3,5H2,(H,13,16)(H,14,15). The van der Waals surface area contributed by atoms with Crippen molar-refractivity contribution in [3.8, 4) is 5.75 Å². The third-order valence-corrected chi connectivity index (χ3v) is 2.70. The highest BCUT2D eigenvalue weighted by atomic mass is 32.1. The van der Waals surface area contributed by atoms with Gasteiger partial charge in [0, 0.05) is 6.54 Å². The number of hydrogen-bond donors (Lipinski definition) is 2. The normalized spacial score (nSPS) is 10.5. The molecular weight excluding hydrogens is 284 g/mol. The van der Waals surface area contributed by atoms with Gasteiger partial charge in [0.25, 0.3) is 5.91 Å². The molecule has 0 aromatic carbocycles. The van der Waals surface area contributed by atoms with E-state index < -0.39 is 25.1 Å². The monoisotopic (exact) mass is 295 g/mol. The largest absolute Gasteiger partial charge is 0.480 e. The number of aliphatic carboxylic acids is 1. The van der Waals surface area contributed by atoms with Gasteiger partial charge in [-0.3, -0.25) is 4.79 Å². The second-order valence-electron chi connectivity index (χ2n) is 3.19. The fourth-order valence-electron chi connectivity index (χ4n) is 1.13. The molecule has 0 saturated carbocycles. The lowest BCUT2D eigenvalue weighted by molar-refractivity contribution is -0.142. The number of ether oxygens (including phenoxy) is 2. The van der Waals surface area contributed by atoms with Crippen molar-refractivity contribution < 1.29 is 33.0 Å². The Hall–Kier alpha value is -1.74. The van der Waals surface area contributed by atoms with Crippen molar-refractivity contribution >= 4 is 23.2 Å². The third kappa shape index (κ3) is 5.62. The summed E-state index contributed by atoms with van der Waals surface area (Å²) in [4.78, 5) is 21.8. The van der Waals surface area contributed by atoms with Gasteiger partial charge < -0.3 is 19.9 Å². The Morgan fingerprint density at radius 1 is 1.47 bits per heavy atom. The van der Waals surface area contributed by atoms with Crippen LogP contribution in [-0.2, 0) is 9.53 Å². The third-order valence-electron chi connectivity index (χ3n) is 1.81. The molecule has 1 aromatic rings. The fraction of sp³-hybridized carbons (Fsp3) is 0.400. The predicted molar refractivity (Wildman–Crippen MR) is 61.7 cm³/mol. The Bertz CT molecular complexity index is 437. The van der Waals surface area contributed by atoms with Crippen LogP contribution in [0.4, 0.5) is 8.78 Å². The summed E-state index contributed by atoms with van der Waals surface area (Å²) in [5.41, 5.74) is 0. The number of rotatable bonds is 8. The molecule has 2 N–H and O–H groups in total. The van der Waals surface area contributed by atoms with Crippen LogP contribution in [-0.4, -0.2) is 43.4 Å². The maximum Gasteiger partial charge on any atom is 0.387 e. The zero-order chi connectivity index (χ0) is 14.3. The topological polar surface area (TPSA) is 84.9 Å². The van der Waals surface area contributed by atoms with Crippen molar-refractivity contribution in [3.05, 3.63) is 16.3 Å². The van der Waals surface area contributed by atoms with Crippen molar-refractivity contribution in [1.29, 1.82) is 0 Å². The minimum Gasteiger partial charge on any atom is -0.480 e. The average Bonchev–Trinajstić information content (AvgIpc) is 2.75. The summed E-state index contributed by atoms with van der Waals surface area (Å²) in [7, 11) is 0. The van der Waals surface area contributed by atoms with Gasteiger partial charge >= 0.3 is 12.6 Å². The maximum atomic E-state index is 12.0. The van der Waals surface area contributed by atoms with Crippen LogP contribution in [0.15, 0.2) is 11.4 Å². The van der Waals surface area contributed by atoms with Crippen molar-refractivity contribution in [2.45, 2.75) is 6.61 Å². The van der Waals surface area contributed by atoms with Crippen LogP contribution in [0.3, 0.4) is 0 Å². The number of amides is 1. The SMILES string of the molecule is O=C(O)COCCNC(=O)c1sccc1OC(F)F. The number of carboxylic acids is 1. The summed E-state index contributed by atoms with van der Waals surface area (Å²) in [5, 5.41) is 12.1. The van der Waals surface area contributed by atoms with Crippen molar-refractivity contribution in [2.75, 3.05) is 19.8 Å². The first-order chi connectivity index (χ1) is 9.00. The molecule has 1 aromatic heterocycles. The molecule has 9 heteroatoms. The van der Waals surface area contributed by atoms with Gasteiger partial charge in [-0.05, 0) is 11.4 Å². The summed E-state index contributed by atoms with van der Waals surface area (Å²) >= 11 is 0.963. The number of carbonyl (C=O) groups excluding carboxylic acids is 1. The molecule has 0 unspecified atom stereocenters. The molecule has 0 saturated heterocycles. The highest BCUT2D eigenvalue weighted by Crippen LogP contribution is 2.26. The molecule has 106 valence electrons. The Labute approximate surface area is 110 Å². The van der Waals surface area contributed by atoms with Crippen LogP contribution >= 0.6 is 11.3 Å². The average molecular weight is 295 g/mol. The molecule has 0 radical (unpaired) electrons. The van der Waals surface area contributed by atoms with Crippen LogP contribution in [0.5, 0.6) is 5.75 Å². The van der Waals surface area contributed by atoms with E-state index in [9.17, 15) is 18.4 Å². The first kappa shape index (κ1) is 15.3. The van der Waals surface area contributed by atoms with E-state index in [1.807, 2.05) is 0 Å². The van der Waals surface area contributed by atoms with E-state index in [2.05, 4.69) is 10.1 Å². The van der Waals surface area contributed by atoms with E-state index in [-0.39, 0.29) is 23.8 Å². The summed E-state index contributed by atoms with van der Waals surface area (Å²) < 4.78 is 33.0. The van der Waals surface area contributed by atoms with Crippen molar-refractivity contribution in [2.24, 2.45) is 0 Å². The van der Waals surface area contributed by atoms with Crippen LogP contribution in [0.25, 0.3) is 0 Å². The lowest BCUT2D eigenvalue weighted by atomic mass is 10.4. The zero-order valence-electron chi connectivity index (χ0n) is 9.60. The molecule has 0 bridgehead atoms. The first-order valence-electron chi connectivity index (χ1n) is 5.10. The minimum atomic E-state index is -3.00. The van der Waals surface area contributed by atoms with Gasteiger partial charge in [-0.15, -0.1) is 11.3 Å². The Morgan fingerprint density at radius 3 is 2.84 bits per heavy atom.